The molecule has 0 saturated carbocycles. The Labute approximate surface area is 114 Å². The highest BCUT2D eigenvalue weighted by molar-refractivity contribution is 5.72. The lowest BCUT2D eigenvalue weighted by Crippen LogP contribution is -2.37. The van der Waals surface area contributed by atoms with Gasteiger partial charge in [-0.2, -0.15) is 0 Å². The normalized spacial score (nSPS) is 13.9. The second kappa shape index (κ2) is 7.24. The van der Waals surface area contributed by atoms with Gasteiger partial charge in [-0.25, -0.2) is 4.39 Å². The van der Waals surface area contributed by atoms with E-state index in [1.165, 1.54) is 19.2 Å². The summed E-state index contributed by atoms with van der Waals surface area (Å²) in [5.41, 5.74) is 2.07. The van der Waals surface area contributed by atoms with Crippen molar-refractivity contribution >= 4 is 5.97 Å². The van der Waals surface area contributed by atoms with Crippen LogP contribution in [0.15, 0.2) is 18.2 Å². The van der Waals surface area contributed by atoms with Crippen LogP contribution in [0, 0.1) is 18.7 Å². The zero-order valence-corrected chi connectivity index (χ0v) is 12.0. The summed E-state index contributed by atoms with van der Waals surface area (Å²) in [7, 11) is 1.40. The third-order valence-electron chi connectivity index (χ3n) is 3.49. The zero-order chi connectivity index (χ0) is 14.4. The van der Waals surface area contributed by atoms with E-state index in [-0.39, 0.29) is 23.7 Å². The monoisotopic (exact) mass is 267 g/mol. The van der Waals surface area contributed by atoms with Crippen molar-refractivity contribution in [3.8, 4) is 0 Å². The number of halogens is 1. The molecule has 19 heavy (non-hydrogen) atoms. The maximum Gasteiger partial charge on any atom is 0.309 e. The number of ether oxygens (including phenoxy) is 1. The number of hydrogen-bond acceptors (Lipinski definition) is 3. The molecular weight excluding hydrogens is 245 g/mol. The first-order valence-corrected chi connectivity index (χ1v) is 6.52. The molecule has 1 N–H and O–H groups in total. The van der Waals surface area contributed by atoms with Crippen molar-refractivity contribution in [2.24, 2.45) is 5.92 Å². The van der Waals surface area contributed by atoms with E-state index in [0.29, 0.717) is 0 Å². The van der Waals surface area contributed by atoms with E-state index in [0.717, 1.165) is 24.1 Å². The summed E-state index contributed by atoms with van der Waals surface area (Å²) in [6.45, 7) is 6.44. The lowest BCUT2D eigenvalue weighted by Gasteiger charge is -2.19. The maximum absolute atomic E-state index is 13.0. The minimum Gasteiger partial charge on any atom is -0.469 e. The van der Waals surface area contributed by atoms with Crippen LogP contribution in [0.5, 0.6) is 0 Å². The first kappa shape index (κ1) is 15.6. The molecule has 1 aromatic carbocycles. The third kappa shape index (κ3) is 4.63. The molecule has 0 aliphatic rings. The Kier molecular flexibility index (Phi) is 5.96. The lowest BCUT2D eigenvalue weighted by molar-refractivity contribution is -0.145. The molecule has 106 valence electrons. The fraction of sp³-hybridized carbons (Fsp3) is 0.533. The van der Waals surface area contributed by atoms with Crippen molar-refractivity contribution < 1.29 is 13.9 Å². The highest BCUT2D eigenvalue weighted by Gasteiger charge is 2.19. The van der Waals surface area contributed by atoms with Gasteiger partial charge in [0.2, 0.25) is 0 Å². The first-order chi connectivity index (χ1) is 8.95. The van der Waals surface area contributed by atoms with E-state index in [2.05, 4.69) is 5.32 Å². The van der Waals surface area contributed by atoms with Gasteiger partial charge in [-0.1, -0.05) is 13.0 Å². The molecule has 2 unspecified atom stereocenters. The Balaban J connectivity index is 2.43. The van der Waals surface area contributed by atoms with Crippen LogP contribution in [-0.4, -0.2) is 25.7 Å². The Morgan fingerprint density at radius 1 is 1.42 bits per heavy atom. The molecule has 0 heterocycles. The highest BCUT2D eigenvalue weighted by Crippen LogP contribution is 2.11. The quantitative estimate of drug-likeness (QED) is 0.805. The standard InChI is InChI=1S/C15H22FNO2/c1-10-9-14(16)6-5-13(10)7-8-17-12(3)11(2)15(18)19-4/h5-6,9,11-12,17H,7-8H2,1-4H3. The molecule has 3 nitrogen and oxygen atoms in total. The summed E-state index contributed by atoms with van der Waals surface area (Å²) >= 11 is 0. The molecule has 1 aromatic rings. The van der Waals surface area contributed by atoms with E-state index in [1.54, 1.807) is 6.07 Å². The number of carbonyl (C=O) groups excluding carboxylic acids is 1. The average molecular weight is 267 g/mol. The van der Waals surface area contributed by atoms with Gasteiger partial charge in [-0.3, -0.25) is 4.79 Å². The number of methoxy groups -OCH3 is 1. The molecule has 0 saturated heterocycles. The van der Waals surface area contributed by atoms with E-state index in [4.69, 9.17) is 4.74 Å². The summed E-state index contributed by atoms with van der Waals surface area (Å²) < 4.78 is 17.7. The number of rotatable bonds is 6. The van der Waals surface area contributed by atoms with Gasteiger partial charge in [0.1, 0.15) is 5.82 Å². The number of nitrogens with one attached hydrogen (secondary N) is 1. The molecule has 0 bridgehead atoms. The molecule has 0 radical (unpaired) electrons. The van der Waals surface area contributed by atoms with Crippen LogP contribution < -0.4 is 5.32 Å². The molecule has 1 rings (SSSR count). The van der Waals surface area contributed by atoms with Gasteiger partial charge < -0.3 is 10.1 Å². The van der Waals surface area contributed by atoms with Gasteiger partial charge in [-0.15, -0.1) is 0 Å². The minimum atomic E-state index is -0.210. The van der Waals surface area contributed by atoms with Gasteiger partial charge in [0.25, 0.3) is 0 Å². The molecule has 0 aromatic heterocycles. The Hall–Kier alpha value is -1.42. The fourth-order valence-electron chi connectivity index (χ4n) is 1.94. The van der Waals surface area contributed by atoms with Gasteiger partial charge in [0.05, 0.1) is 13.0 Å². The van der Waals surface area contributed by atoms with Crippen molar-refractivity contribution in [1.82, 2.24) is 5.32 Å². The molecule has 0 amide bonds. The first-order valence-electron chi connectivity index (χ1n) is 6.52. The number of carbonyl (C=O) groups is 1. The molecule has 0 aliphatic heterocycles. The van der Waals surface area contributed by atoms with Crippen molar-refractivity contribution in [2.75, 3.05) is 13.7 Å². The summed E-state index contributed by atoms with van der Waals surface area (Å²) in [5.74, 6) is -0.598. The summed E-state index contributed by atoms with van der Waals surface area (Å²) in [5, 5.41) is 3.29. The van der Waals surface area contributed by atoms with E-state index in [1.807, 2.05) is 20.8 Å². The fourth-order valence-corrected chi connectivity index (χ4v) is 1.94. The largest absolute Gasteiger partial charge is 0.469 e. The Morgan fingerprint density at radius 2 is 2.11 bits per heavy atom. The summed E-state index contributed by atoms with van der Waals surface area (Å²) in [6, 6.07) is 4.87. The predicted molar refractivity (Wildman–Crippen MR) is 73.5 cm³/mol. The molecule has 4 heteroatoms. The van der Waals surface area contributed by atoms with Gasteiger partial charge in [-0.05, 0) is 50.1 Å². The molecular formula is C15H22FNO2. The minimum absolute atomic E-state index is 0.0493. The van der Waals surface area contributed by atoms with Crippen LogP contribution in [-0.2, 0) is 16.0 Å². The van der Waals surface area contributed by atoms with Crippen molar-refractivity contribution in [1.29, 1.82) is 0 Å². The van der Waals surface area contributed by atoms with Gasteiger partial charge in [0, 0.05) is 6.04 Å². The van der Waals surface area contributed by atoms with E-state index in [9.17, 15) is 9.18 Å². The summed E-state index contributed by atoms with van der Waals surface area (Å²) in [6.07, 6.45) is 0.810. The second-order valence-electron chi connectivity index (χ2n) is 4.88. The second-order valence-corrected chi connectivity index (χ2v) is 4.88. The van der Waals surface area contributed by atoms with E-state index < -0.39 is 0 Å². The van der Waals surface area contributed by atoms with Crippen LogP contribution in [0.2, 0.25) is 0 Å². The third-order valence-corrected chi connectivity index (χ3v) is 3.49. The Morgan fingerprint density at radius 3 is 2.68 bits per heavy atom. The number of aryl methyl sites for hydroxylation is 1. The topological polar surface area (TPSA) is 38.3 Å². The van der Waals surface area contributed by atoms with Crippen molar-refractivity contribution in [3.63, 3.8) is 0 Å². The van der Waals surface area contributed by atoms with Gasteiger partial charge >= 0.3 is 5.97 Å². The lowest BCUT2D eigenvalue weighted by atomic mass is 10.0. The van der Waals surface area contributed by atoms with E-state index >= 15 is 0 Å². The number of esters is 1. The number of benzene rings is 1. The summed E-state index contributed by atoms with van der Waals surface area (Å²) in [4.78, 5) is 11.4. The number of hydrogen-bond donors (Lipinski definition) is 1. The molecule has 0 spiro atoms. The molecule has 2 atom stereocenters. The predicted octanol–water partition coefficient (Wildman–Crippen LogP) is 2.46. The smallest absolute Gasteiger partial charge is 0.309 e. The highest BCUT2D eigenvalue weighted by atomic mass is 19.1. The van der Waals surface area contributed by atoms with Crippen LogP contribution in [0.1, 0.15) is 25.0 Å². The Bertz CT molecular complexity index is 434. The zero-order valence-electron chi connectivity index (χ0n) is 12.0. The van der Waals surface area contributed by atoms with Crippen LogP contribution in [0.25, 0.3) is 0 Å². The van der Waals surface area contributed by atoms with Crippen molar-refractivity contribution in [2.45, 2.75) is 33.2 Å². The molecule has 0 fully saturated rings. The SMILES string of the molecule is COC(=O)C(C)C(C)NCCc1ccc(F)cc1C. The van der Waals surface area contributed by atoms with Crippen LogP contribution >= 0.6 is 0 Å². The van der Waals surface area contributed by atoms with Crippen LogP contribution in [0.4, 0.5) is 4.39 Å². The average Bonchev–Trinajstić information content (AvgIpc) is 2.39. The van der Waals surface area contributed by atoms with Crippen LogP contribution in [0.3, 0.4) is 0 Å². The molecule has 0 aliphatic carbocycles. The van der Waals surface area contributed by atoms with Gasteiger partial charge in [0.15, 0.2) is 0 Å². The van der Waals surface area contributed by atoms with Crippen molar-refractivity contribution in [3.05, 3.63) is 35.1 Å². The maximum atomic E-state index is 13.0.